The molecule has 0 unspecified atom stereocenters. The van der Waals surface area contributed by atoms with Gasteiger partial charge in [0.15, 0.2) is 11.5 Å². The summed E-state index contributed by atoms with van der Waals surface area (Å²) in [4.78, 5) is 37.7. The molecule has 0 atom stereocenters. The Morgan fingerprint density at radius 1 is 1.27 bits per heavy atom. The van der Waals surface area contributed by atoms with Crippen molar-refractivity contribution >= 4 is 35.2 Å². The Labute approximate surface area is 149 Å². The third-order valence-electron chi connectivity index (χ3n) is 4.44. The number of amides is 3. The zero-order valence-corrected chi connectivity index (χ0v) is 14.1. The van der Waals surface area contributed by atoms with Crippen molar-refractivity contribution in [3.05, 3.63) is 24.1 Å². The standard InChI is InChI=1S/C16H18N4O3.CH2O2/c21-14-5-8-20(16(22)19-14)11-1-2-12-13(9-11)23-15(18-12)10-3-6-17-7-4-10;2-1-3/h1-2,9-10,17H,3-8H2,(H,19,21,22);1H,(H,2,3). The highest BCUT2D eigenvalue weighted by Crippen LogP contribution is 2.30. The second-order valence-corrected chi connectivity index (χ2v) is 6.09. The van der Waals surface area contributed by atoms with Crippen LogP contribution in [0.3, 0.4) is 0 Å². The van der Waals surface area contributed by atoms with Crippen molar-refractivity contribution < 1.29 is 23.9 Å². The first-order valence-corrected chi connectivity index (χ1v) is 8.42. The molecule has 26 heavy (non-hydrogen) atoms. The molecule has 3 heterocycles. The number of carbonyl (C=O) groups excluding carboxylic acids is 2. The number of imide groups is 1. The number of benzene rings is 1. The summed E-state index contributed by atoms with van der Waals surface area (Å²) in [5.74, 6) is 0.889. The molecule has 0 spiro atoms. The van der Waals surface area contributed by atoms with E-state index in [1.54, 1.807) is 4.90 Å². The third kappa shape index (κ3) is 3.83. The lowest BCUT2D eigenvalue weighted by molar-refractivity contribution is -0.123. The van der Waals surface area contributed by atoms with Gasteiger partial charge in [0.05, 0.1) is 0 Å². The van der Waals surface area contributed by atoms with Gasteiger partial charge in [0.2, 0.25) is 5.91 Å². The summed E-state index contributed by atoms with van der Waals surface area (Å²) in [5, 5.41) is 12.5. The molecule has 2 aliphatic rings. The Bertz CT molecular complexity index is 813. The fourth-order valence-electron chi connectivity index (χ4n) is 3.15. The first-order valence-electron chi connectivity index (χ1n) is 8.42. The number of aromatic nitrogens is 1. The summed E-state index contributed by atoms with van der Waals surface area (Å²) in [6.07, 6.45) is 2.35. The molecule has 0 saturated carbocycles. The van der Waals surface area contributed by atoms with Crippen LogP contribution < -0.4 is 15.5 Å². The largest absolute Gasteiger partial charge is 0.483 e. The molecule has 2 saturated heterocycles. The van der Waals surface area contributed by atoms with E-state index < -0.39 is 6.03 Å². The van der Waals surface area contributed by atoms with E-state index in [0.29, 0.717) is 24.5 Å². The second kappa shape index (κ2) is 7.96. The number of fused-ring (bicyclic) bond motifs is 1. The average Bonchev–Trinajstić information content (AvgIpc) is 3.06. The normalized spacial score (nSPS) is 18.2. The Morgan fingerprint density at radius 3 is 2.69 bits per heavy atom. The van der Waals surface area contributed by atoms with Crippen LogP contribution in [0.1, 0.15) is 31.1 Å². The van der Waals surface area contributed by atoms with Crippen molar-refractivity contribution in [2.45, 2.75) is 25.2 Å². The molecule has 138 valence electrons. The minimum atomic E-state index is -0.390. The van der Waals surface area contributed by atoms with Crippen LogP contribution in [0, 0.1) is 0 Å². The van der Waals surface area contributed by atoms with Crippen LogP contribution in [-0.2, 0) is 9.59 Å². The predicted octanol–water partition coefficient (Wildman–Crippen LogP) is 1.44. The average molecular weight is 360 g/mol. The van der Waals surface area contributed by atoms with Gasteiger partial charge in [-0.15, -0.1) is 0 Å². The number of carbonyl (C=O) groups is 3. The van der Waals surface area contributed by atoms with Gasteiger partial charge in [-0.05, 0) is 38.1 Å². The highest BCUT2D eigenvalue weighted by molar-refractivity contribution is 6.06. The number of rotatable bonds is 2. The molecule has 1 aromatic carbocycles. The fraction of sp³-hybridized carbons (Fsp3) is 0.412. The third-order valence-corrected chi connectivity index (χ3v) is 4.44. The highest BCUT2D eigenvalue weighted by atomic mass is 16.4. The van der Waals surface area contributed by atoms with Gasteiger partial charge in [-0.3, -0.25) is 19.8 Å². The lowest BCUT2D eigenvalue weighted by Gasteiger charge is -2.26. The maximum atomic E-state index is 11.9. The predicted molar refractivity (Wildman–Crippen MR) is 93.0 cm³/mol. The van der Waals surface area contributed by atoms with E-state index in [9.17, 15) is 9.59 Å². The first kappa shape index (κ1) is 17.9. The number of nitrogens with zero attached hydrogens (tertiary/aromatic N) is 2. The number of hydrogen-bond acceptors (Lipinski definition) is 6. The summed E-state index contributed by atoms with van der Waals surface area (Å²) in [5.41, 5.74) is 2.20. The monoisotopic (exact) mass is 360 g/mol. The van der Waals surface area contributed by atoms with Crippen LogP contribution in [0.15, 0.2) is 22.6 Å². The molecule has 3 N–H and O–H groups in total. The summed E-state index contributed by atoms with van der Waals surface area (Å²) in [6.45, 7) is 2.10. The molecular weight excluding hydrogens is 340 g/mol. The van der Waals surface area contributed by atoms with Crippen molar-refractivity contribution in [3.8, 4) is 0 Å². The molecular formula is C17H20N4O5. The molecule has 4 rings (SSSR count). The molecule has 2 fully saturated rings. The van der Waals surface area contributed by atoms with Crippen LogP contribution in [0.25, 0.3) is 11.1 Å². The van der Waals surface area contributed by atoms with Crippen LogP contribution in [-0.4, -0.2) is 48.1 Å². The second-order valence-electron chi connectivity index (χ2n) is 6.09. The van der Waals surface area contributed by atoms with E-state index in [0.717, 1.165) is 43.0 Å². The maximum Gasteiger partial charge on any atom is 0.328 e. The van der Waals surface area contributed by atoms with Crippen molar-refractivity contribution in [3.63, 3.8) is 0 Å². The summed E-state index contributed by atoms with van der Waals surface area (Å²) >= 11 is 0. The van der Waals surface area contributed by atoms with Crippen LogP contribution >= 0.6 is 0 Å². The van der Waals surface area contributed by atoms with Crippen molar-refractivity contribution in [1.82, 2.24) is 15.6 Å². The van der Waals surface area contributed by atoms with E-state index in [4.69, 9.17) is 14.3 Å². The molecule has 9 heteroatoms. The number of hydrogen-bond donors (Lipinski definition) is 3. The lowest BCUT2D eigenvalue weighted by Crippen LogP contribution is -2.49. The van der Waals surface area contributed by atoms with Gasteiger partial charge in [-0.1, -0.05) is 0 Å². The van der Waals surface area contributed by atoms with E-state index in [2.05, 4.69) is 15.6 Å². The van der Waals surface area contributed by atoms with Gasteiger partial charge >= 0.3 is 6.03 Å². The fourth-order valence-corrected chi connectivity index (χ4v) is 3.15. The van der Waals surface area contributed by atoms with E-state index in [1.165, 1.54) is 0 Å². The molecule has 2 aromatic rings. The molecule has 2 aliphatic heterocycles. The van der Waals surface area contributed by atoms with Gasteiger partial charge in [-0.2, -0.15) is 0 Å². The Morgan fingerprint density at radius 2 is 2.00 bits per heavy atom. The molecule has 0 radical (unpaired) electrons. The summed E-state index contributed by atoms with van der Waals surface area (Å²) in [7, 11) is 0. The van der Waals surface area contributed by atoms with E-state index >= 15 is 0 Å². The number of carboxylic acid groups (broad SMARTS) is 1. The summed E-state index contributed by atoms with van der Waals surface area (Å²) in [6, 6.07) is 5.13. The number of anilines is 1. The smallest absolute Gasteiger partial charge is 0.328 e. The molecule has 0 bridgehead atoms. The van der Waals surface area contributed by atoms with Crippen LogP contribution in [0.2, 0.25) is 0 Å². The van der Waals surface area contributed by atoms with Crippen LogP contribution in [0.4, 0.5) is 10.5 Å². The quantitative estimate of drug-likeness (QED) is 0.692. The molecule has 9 nitrogen and oxygen atoms in total. The van der Waals surface area contributed by atoms with E-state index in [-0.39, 0.29) is 12.4 Å². The SMILES string of the molecule is O=C1CCN(c2ccc3nc(C4CCNCC4)oc3c2)C(=O)N1.O=CO. The minimum Gasteiger partial charge on any atom is -0.483 e. The summed E-state index contributed by atoms with van der Waals surface area (Å²) < 4.78 is 5.93. The zero-order valence-electron chi connectivity index (χ0n) is 14.1. The Balaban J connectivity index is 0.000000613. The van der Waals surface area contributed by atoms with Gasteiger partial charge in [0.1, 0.15) is 5.52 Å². The molecule has 3 amide bonds. The topological polar surface area (TPSA) is 125 Å². The Hall–Kier alpha value is -2.94. The molecule has 0 aliphatic carbocycles. The van der Waals surface area contributed by atoms with Gasteiger partial charge < -0.3 is 14.8 Å². The first-order chi connectivity index (χ1) is 12.6. The highest BCUT2D eigenvalue weighted by Gasteiger charge is 2.25. The van der Waals surface area contributed by atoms with Gasteiger partial charge in [0.25, 0.3) is 6.47 Å². The Kier molecular flexibility index (Phi) is 5.47. The lowest BCUT2D eigenvalue weighted by atomic mass is 9.98. The van der Waals surface area contributed by atoms with Gasteiger partial charge in [0, 0.05) is 30.6 Å². The van der Waals surface area contributed by atoms with Gasteiger partial charge in [-0.25, -0.2) is 9.78 Å². The zero-order chi connectivity index (χ0) is 18.5. The van der Waals surface area contributed by atoms with Crippen molar-refractivity contribution in [1.29, 1.82) is 0 Å². The van der Waals surface area contributed by atoms with Crippen LogP contribution in [0.5, 0.6) is 0 Å². The van der Waals surface area contributed by atoms with Crippen molar-refractivity contribution in [2.24, 2.45) is 0 Å². The van der Waals surface area contributed by atoms with E-state index in [1.807, 2.05) is 18.2 Å². The minimum absolute atomic E-state index is 0.236. The number of piperidine rings is 1. The number of urea groups is 1. The maximum absolute atomic E-state index is 11.9. The van der Waals surface area contributed by atoms with Crippen molar-refractivity contribution in [2.75, 3.05) is 24.5 Å². The number of oxazole rings is 1. The molecule has 1 aromatic heterocycles. The number of nitrogens with one attached hydrogen (secondary N) is 2.